The van der Waals surface area contributed by atoms with Gasteiger partial charge in [0, 0.05) is 6.54 Å². The van der Waals surface area contributed by atoms with E-state index in [0.29, 0.717) is 0 Å². The van der Waals surface area contributed by atoms with Crippen molar-refractivity contribution in [1.82, 2.24) is 10.0 Å². The Hall–Kier alpha value is -1.33. The van der Waals surface area contributed by atoms with Crippen molar-refractivity contribution in [2.24, 2.45) is 5.10 Å². The minimum Gasteiger partial charge on any atom is -0.267 e. The van der Waals surface area contributed by atoms with Crippen molar-refractivity contribution < 1.29 is 5.03 Å². The van der Waals surface area contributed by atoms with Crippen molar-refractivity contribution in [2.45, 2.75) is 39.3 Å². The monoisotopic (exact) mass is 200 g/mol. The zero-order valence-electron chi connectivity index (χ0n) is 8.59. The van der Waals surface area contributed by atoms with Gasteiger partial charge in [-0.05, 0) is 12.8 Å². The van der Waals surface area contributed by atoms with Crippen LogP contribution in [0, 0.1) is 10.1 Å². The first-order valence-corrected chi connectivity index (χ1v) is 4.94. The molecule has 1 rings (SSSR count). The zero-order chi connectivity index (χ0) is 10.6. The highest BCUT2D eigenvalue weighted by atomic mass is 16.7. The molecule has 0 N–H and O–H groups in total. The van der Waals surface area contributed by atoms with Gasteiger partial charge in [-0.3, -0.25) is 5.01 Å². The normalized spacial score (nSPS) is 20.6. The van der Waals surface area contributed by atoms with E-state index in [1.54, 1.807) is 5.01 Å². The molecule has 0 amide bonds. The Morgan fingerprint density at radius 3 is 2.71 bits per heavy atom. The van der Waals surface area contributed by atoms with E-state index in [2.05, 4.69) is 5.10 Å². The molecule has 6 nitrogen and oxygen atoms in total. The first-order valence-electron chi connectivity index (χ1n) is 4.94. The molecule has 0 aromatic carbocycles. The van der Waals surface area contributed by atoms with Crippen molar-refractivity contribution in [2.75, 3.05) is 6.54 Å². The van der Waals surface area contributed by atoms with Gasteiger partial charge in [-0.15, -0.1) is 0 Å². The molecular formula is C8H16N4O2. The Morgan fingerprint density at radius 1 is 1.50 bits per heavy atom. The van der Waals surface area contributed by atoms with Gasteiger partial charge in [0.15, 0.2) is 17.5 Å². The minimum absolute atomic E-state index is 0.199. The van der Waals surface area contributed by atoms with E-state index in [-0.39, 0.29) is 6.17 Å². The fourth-order valence-electron chi connectivity index (χ4n) is 1.54. The minimum atomic E-state index is -0.403. The molecule has 0 aromatic rings. The van der Waals surface area contributed by atoms with Crippen LogP contribution < -0.4 is 0 Å². The highest BCUT2D eigenvalue weighted by molar-refractivity contribution is 5.55. The number of nitro groups is 1. The maximum absolute atomic E-state index is 10.7. The van der Waals surface area contributed by atoms with Crippen molar-refractivity contribution in [1.29, 1.82) is 0 Å². The van der Waals surface area contributed by atoms with Crippen LogP contribution in [0.15, 0.2) is 5.10 Å². The van der Waals surface area contributed by atoms with Gasteiger partial charge in [-0.25, -0.2) is 10.1 Å². The Balaban J connectivity index is 2.63. The second-order valence-corrected chi connectivity index (χ2v) is 3.28. The lowest BCUT2D eigenvalue weighted by Crippen LogP contribution is -2.42. The predicted molar refractivity (Wildman–Crippen MR) is 53.0 cm³/mol. The number of nitrogens with zero attached hydrogens (tertiary/aromatic N) is 4. The van der Waals surface area contributed by atoms with Crippen LogP contribution in [0.25, 0.3) is 0 Å². The molecule has 1 heterocycles. The largest absolute Gasteiger partial charge is 0.267 e. The van der Waals surface area contributed by atoms with Crippen molar-refractivity contribution >= 4 is 6.34 Å². The molecule has 0 saturated heterocycles. The van der Waals surface area contributed by atoms with Gasteiger partial charge in [0.25, 0.3) is 0 Å². The first kappa shape index (κ1) is 10.7. The number of hydrazine groups is 1. The average molecular weight is 200 g/mol. The van der Waals surface area contributed by atoms with Crippen LogP contribution in [0.2, 0.25) is 0 Å². The lowest BCUT2D eigenvalue weighted by Gasteiger charge is -2.23. The second kappa shape index (κ2) is 4.78. The summed E-state index contributed by atoms with van der Waals surface area (Å²) in [4.78, 5) is 10.7. The summed E-state index contributed by atoms with van der Waals surface area (Å²) >= 11 is 0. The number of rotatable bonds is 5. The number of hydrogen-bond donors (Lipinski definition) is 0. The highest BCUT2D eigenvalue weighted by Crippen LogP contribution is 2.17. The van der Waals surface area contributed by atoms with Crippen LogP contribution in [0.4, 0.5) is 0 Å². The molecule has 0 aromatic heterocycles. The quantitative estimate of drug-likeness (QED) is 0.495. The summed E-state index contributed by atoms with van der Waals surface area (Å²) < 4.78 is 0. The zero-order valence-corrected chi connectivity index (χ0v) is 8.59. The topological polar surface area (TPSA) is 62.0 Å². The highest BCUT2D eigenvalue weighted by Gasteiger charge is 2.34. The van der Waals surface area contributed by atoms with Gasteiger partial charge >= 0.3 is 0 Å². The van der Waals surface area contributed by atoms with E-state index in [0.717, 1.165) is 30.8 Å². The average Bonchev–Trinajstić information content (AvgIpc) is 2.50. The summed E-state index contributed by atoms with van der Waals surface area (Å²) in [5.74, 6) is 0. The van der Waals surface area contributed by atoms with Crippen LogP contribution in [-0.2, 0) is 0 Å². The van der Waals surface area contributed by atoms with E-state index in [4.69, 9.17) is 0 Å². The van der Waals surface area contributed by atoms with E-state index < -0.39 is 5.03 Å². The van der Waals surface area contributed by atoms with Gasteiger partial charge in [0.2, 0.25) is 0 Å². The molecule has 80 valence electrons. The Kier molecular flexibility index (Phi) is 3.67. The lowest BCUT2D eigenvalue weighted by atomic mass is 10.2. The summed E-state index contributed by atoms with van der Waals surface area (Å²) in [6, 6.07) is 0. The third-order valence-corrected chi connectivity index (χ3v) is 2.16. The molecule has 0 aliphatic carbocycles. The van der Waals surface area contributed by atoms with Gasteiger partial charge in [-0.2, -0.15) is 5.10 Å². The Morgan fingerprint density at radius 2 is 2.21 bits per heavy atom. The van der Waals surface area contributed by atoms with E-state index in [1.807, 2.05) is 13.8 Å². The van der Waals surface area contributed by atoms with Crippen LogP contribution in [0.3, 0.4) is 0 Å². The maximum Gasteiger partial charge on any atom is 0.183 e. The number of hydrazone groups is 1. The molecule has 6 heteroatoms. The first-order chi connectivity index (χ1) is 6.70. The fraction of sp³-hybridized carbons (Fsp3) is 0.875. The van der Waals surface area contributed by atoms with Crippen LogP contribution in [0.5, 0.6) is 0 Å². The van der Waals surface area contributed by atoms with Gasteiger partial charge < -0.3 is 0 Å². The fourth-order valence-corrected chi connectivity index (χ4v) is 1.54. The van der Waals surface area contributed by atoms with Crippen LogP contribution in [0.1, 0.15) is 33.1 Å². The Bertz CT molecular complexity index is 231. The summed E-state index contributed by atoms with van der Waals surface area (Å²) in [5.41, 5.74) is 0. The molecule has 1 aliphatic rings. The van der Waals surface area contributed by atoms with E-state index >= 15 is 0 Å². The van der Waals surface area contributed by atoms with Gasteiger partial charge in [0.1, 0.15) is 0 Å². The predicted octanol–water partition coefficient (Wildman–Crippen LogP) is 1.28. The lowest BCUT2D eigenvalue weighted by molar-refractivity contribution is -0.638. The summed E-state index contributed by atoms with van der Waals surface area (Å²) in [5, 5.41) is 17.1. The van der Waals surface area contributed by atoms with Crippen LogP contribution >= 0.6 is 0 Å². The standard InChI is InChI=1S/C8H16N4O2/c1-3-5-8-10(6-4-2)9-7-11(8)12(13)14/h7-8H,3-6H2,1-2H3. The SMILES string of the molecule is CCCC1N(CCC)N=CN1[N+](=O)[O-]. The van der Waals surface area contributed by atoms with Crippen molar-refractivity contribution in [3.8, 4) is 0 Å². The summed E-state index contributed by atoms with van der Waals surface area (Å²) in [6.07, 6.45) is 3.73. The molecule has 14 heavy (non-hydrogen) atoms. The van der Waals surface area contributed by atoms with Gasteiger partial charge in [0.05, 0.1) is 0 Å². The molecule has 1 atom stereocenters. The van der Waals surface area contributed by atoms with E-state index in [1.165, 1.54) is 6.34 Å². The number of hydrogen-bond acceptors (Lipinski definition) is 4. The molecule has 0 saturated carbocycles. The molecular weight excluding hydrogens is 184 g/mol. The second-order valence-electron chi connectivity index (χ2n) is 3.28. The van der Waals surface area contributed by atoms with Crippen molar-refractivity contribution in [3.05, 3.63) is 10.1 Å². The van der Waals surface area contributed by atoms with Crippen molar-refractivity contribution in [3.63, 3.8) is 0 Å². The van der Waals surface area contributed by atoms with E-state index in [9.17, 15) is 10.1 Å². The molecule has 0 spiro atoms. The molecule has 0 bridgehead atoms. The molecule has 1 aliphatic heterocycles. The molecule has 0 radical (unpaired) electrons. The third kappa shape index (κ3) is 2.12. The van der Waals surface area contributed by atoms with Crippen LogP contribution in [-0.4, -0.2) is 34.1 Å². The smallest absolute Gasteiger partial charge is 0.183 e. The third-order valence-electron chi connectivity index (χ3n) is 2.16. The summed E-state index contributed by atoms with van der Waals surface area (Å²) in [7, 11) is 0. The molecule has 1 unspecified atom stereocenters. The Labute approximate surface area is 83.3 Å². The molecule has 0 fully saturated rings. The summed E-state index contributed by atoms with van der Waals surface area (Å²) in [6.45, 7) is 4.82. The van der Waals surface area contributed by atoms with Gasteiger partial charge in [-0.1, -0.05) is 25.3 Å². The maximum atomic E-state index is 10.7.